The van der Waals surface area contributed by atoms with Crippen LogP contribution < -0.4 is 0 Å². The summed E-state index contributed by atoms with van der Waals surface area (Å²) in [6.07, 6.45) is 1.75. The van der Waals surface area contributed by atoms with Gasteiger partial charge in [0.15, 0.2) is 0 Å². The van der Waals surface area contributed by atoms with Crippen molar-refractivity contribution in [1.29, 1.82) is 0 Å². The molecule has 3 rings (SSSR count). The molecule has 2 heterocycles. The maximum Gasteiger partial charge on any atom is 0.410 e. The Bertz CT molecular complexity index is 735. The zero-order valence-corrected chi connectivity index (χ0v) is 15.9. The molecule has 0 saturated carbocycles. The normalized spacial score (nSPS) is 18.8. The molecular weight excluding hydrogens is 372 g/mol. The van der Waals surface area contributed by atoms with Crippen LogP contribution in [-0.4, -0.2) is 47.0 Å². The van der Waals surface area contributed by atoms with Crippen LogP contribution in [0.3, 0.4) is 0 Å². The molecule has 1 atom stereocenters. The van der Waals surface area contributed by atoms with E-state index in [0.717, 1.165) is 9.99 Å². The smallest absolute Gasteiger partial charge is 0.410 e. The molecular formula is C18H23BrN2O3. The van der Waals surface area contributed by atoms with Crippen LogP contribution in [0.1, 0.15) is 20.8 Å². The molecule has 0 bridgehead atoms. The van der Waals surface area contributed by atoms with Crippen molar-refractivity contribution in [3.63, 3.8) is 0 Å². The molecule has 1 aromatic heterocycles. The van der Waals surface area contributed by atoms with Crippen molar-refractivity contribution >= 4 is 32.9 Å². The van der Waals surface area contributed by atoms with Crippen LogP contribution in [0.4, 0.5) is 4.79 Å². The zero-order chi connectivity index (χ0) is 17.3. The van der Waals surface area contributed by atoms with Gasteiger partial charge < -0.3 is 18.9 Å². The predicted octanol–water partition coefficient (Wildman–Crippen LogP) is 4.04. The van der Waals surface area contributed by atoms with Crippen molar-refractivity contribution in [3.05, 3.63) is 34.9 Å². The quantitative estimate of drug-likeness (QED) is 0.771. The average molecular weight is 395 g/mol. The van der Waals surface area contributed by atoms with E-state index in [1.165, 1.54) is 5.39 Å². The average Bonchev–Trinajstić information content (AvgIpc) is 2.90. The van der Waals surface area contributed by atoms with Gasteiger partial charge in [-0.15, -0.1) is 0 Å². The summed E-state index contributed by atoms with van der Waals surface area (Å²) in [4.78, 5) is 14.0. The van der Waals surface area contributed by atoms with E-state index < -0.39 is 5.60 Å². The third-order valence-corrected chi connectivity index (χ3v) is 4.64. The highest BCUT2D eigenvalue weighted by atomic mass is 79.9. The van der Waals surface area contributed by atoms with Crippen LogP contribution in [0.5, 0.6) is 0 Å². The van der Waals surface area contributed by atoms with Gasteiger partial charge in [-0.25, -0.2) is 4.79 Å². The standard InChI is InChI=1S/C18H23BrN2O3/c1-18(2,3)24-17(22)21-9-10-23-13(12-21)11-20-8-7-14-15(19)5-4-6-16(14)20/h4-8,13H,9-12H2,1-3H3. The Balaban J connectivity index is 1.69. The number of carbonyl (C=O) groups is 1. The van der Waals surface area contributed by atoms with Crippen molar-refractivity contribution in [2.24, 2.45) is 0 Å². The Morgan fingerprint density at radius 1 is 1.38 bits per heavy atom. The molecule has 5 nitrogen and oxygen atoms in total. The van der Waals surface area contributed by atoms with Crippen LogP contribution in [0, 0.1) is 0 Å². The van der Waals surface area contributed by atoms with Crippen LogP contribution >= 0.6 is 15.9 Å². The zero-order valence-electron chi connectivity index (χ0n) is 14.3. The lowest BCUT2D eigenvalue weighted by Crippen LogP contribution is -2.48. The van der Waals surface area contributed by atoms with Crippen LogP contribution in [0.25, 0.3) is 10.9 Å². The summed E-state index contributed by atoms with van der Waals surface area (Å²) in [5.41, 5.74) is 0.677. The van der Waals surface area contributed by atoms with Crippen molar-refractivity contribution in [1.82, 2.24) is 9.47 Å². The number of carbonyl (C=O) groups excluding carboxylic acids is 1. The van der Waals surface area contributed by atoms with Crippen LogP contribution in [0.15, 0.2) is 34.9 Å². The number of hydrogen-bond donors (Lipinski definition) is 0. The largest absolute Gasteiger partial charge is 0.444 e. The Hall–Kier alpha value is -1.53. The third kappa shape index (κ3) is 3.92. The summed E-state index contributed by atoms with van der Waals surface area (Å²) in [6, 6.07) is 8.24. The van der Waals surface area contributed by atoms with Gasteiger partial charge in [-0.1, -0.05) is 22.0 Å². The predicted molar refractivity (Wildman–Crippen MR) is 97.2 cm³/mol. The fourth-order valence-electron chi connectivity index (χ4n) is 2.89. The van der Waals surface area contributed by atoms with Crippen LogP contribution in [-0.2, 0) is 16.0 Å². The molecule has 0 aliphatic carbocycles. The maximum absolute atomic E-state index is 12.3. The molecule has 1 unspecified atom stereocenters. The SMILES string of the molecule is CC(C)(C)OC(=O)N1CCOC(Cn2ccc3c(Br)cccc32)C1. The van der Waals surface area contributed by atoms with Crippen molar-refractivity contribution < 1.29 is 14.3 Å². The molecule has 130 valence electrons. The first kappa shape index (κ1) is 17.3. The van der Waals surface area contributed by atoms with E-state index in [0.29, 0.717) is 26.2 Å². The number of halogens is 1. The van der Waals surface area contributed by atoms with E-state index in [2.05, 4.69) is 38.8 Å². The van der Waals surface area contributed by atoms with Crippen molar-refractivity contribution in [2.75, 3.05) is 19.7 Å². The number of benzene rings is 1. The highest BCUT2D eigenvalue weighted by Crippen LogP contribution is 2.25. The van der Waals surface area contributed by atoms with E-state index in [-0.39, 0.29) is 12.2 Å². The number of aromatic nitrogens is 1. The second kappa shape index (κ2) is 6.76. The summed E-state index contributed by atoms with van der Waals surface area (Å²) >= 11 is 3.58. The number of amides is 1. The molecule has 1 amide bonds. The highest BCUT2D eigenvalue weighted by Gasteiger charge is 2.28. The highest BCUT2D eigenvalue weighted by molar-refractivity contribution is 9.10. The second-order valence-electron chi connectivity index (χ2n) is 7.06. The van der Waals surface area contributed by atoms with Gasteiger partial charge in [-0.05, 0) is 39.0 Å². The summed E-state index contributed by atoms with van der Waals surface area (Å²) in [6.45, 7) is 8.00. The Kier molecular flexibility index (Phi) is 4.88. The second-order valence-corrected chi connectivity index (χ2v) is 7.91. The molecule has 0 N–H and O–H groups in total. The molecule has 1 fully saturated rings. The molecule has 1 saturated heterocycles. The Labute approximate surface area is 150 Å². The molecule has 0 radical (unpaired) electrons. The first-order valence-corrected chi connectivity index (χ1v) is 8.96. The molecule has 1 aromatic carbocycles. The number of fused-ring (bicyclic) bond motifs is 1. The number of rotatable bonds is 2. The van der Waals surface area contributed by atoms with Gasteiger partial charge in [0.25, 0.3) is 0 Å². The first-order valence-electron chi connectivity index (χ1n) is 8.16. The lowest BCUT2D eigenvalue weighted by Gasteiger charge is -2.34. The lowest BCUT2D eigenvalue weighted by molar-refractivity contribution is -0.0469. The Morgan fingerprint density at radius 3 is 2.92 bits per heavy atom. The molecule has 24 heavy (non-hydrogen) atoms. The number of ether oxygens (including phenoxy) is 2. The minimum atomic E-state index is -0.478. The number of morpholine rings is 1. The van der Waals surface area contributed by atoms with Gasteiger partial charge in [0, 0.05) is 28.1 Å². The summed E-state index contributed by atoms with van der Waals surface area (Å²) in [5, 5.41) is 1.18. The van der Waals surface area contributed by atoms with E-state index in [1.54, 1.807) is 4.90 Å². The molecule has 1 aliphatic rings. The minimum Gasteiger partial charge on any atom is -0.444 e. The van der Waals surface area contributed by atoms with Gasteiger partial charge in [-0.2, -0.15) is 0 Å². The lowest BCUT2D eigenvalue weighted by atomic mass is 10.2. The molecule has 1 aliphatic heterocycles. The number of nitrogens with zero attached hydrogens (tertiary/aromatic N) is 2. The van der Waals surface area contributed by atoms with Gasteiger partial charge in [-0.3, -0.25) is 0 Å². The van der Waals surface area contributed by atoms with Crippen molar-refractivity contribution in [2.45, 2.75) is 39.0 Å². The first-order chi connectivity index (χ1) is 11.3. The van der Waals surface area contributed by atoms with Gasteiger partial charge in [0.1, 0.15) is 5.60 Å². The molecule has 2 aromatic rings. The van der Waals surface area contributed by atoms with Gasteiger partial charge >= 0.3 is 6.09 Å². The molecule has 0 spiro atoms. The van der Waals surface area contributed by atoms with Gasteiger partial charge in [0.05, 0.1) is 25.8 Å². The summed E-state index contributed by atoms with van der Waals surface area (Å²) in [5.74, 6) is 0. The Morgan fingerprint density at radius 2 is 2.17 bits per heavy atom. The fourth-order valence-corrected chi connectivity index (χ4v) is 3.37. The summed E-state index contributed by atoms with van der Waals surface area (Å²) < 4.78 is 14.6. The van der Waals surface area contributed by atoms with E-state index in [9.17, 15) is 4.79 Å². The topological polar surface area (TPSA) is 43.7 Å². The maximum atomic E-state index is 12.3. The third-order valence-electron chi connectivity index (χ3n) is 3.95. The van der Waals surface area contributed by atoms with E-state index in [1.807, 2.05) is 32.9 Å². The fraction of sp³-hybridized carbons (Fsp3) is 0.500. The van der Waals surface area contributed by atoms with E-state index in [4.69, 9.17) is 9.47 Å². The summed E-state index contributed by atoms with van der Waals surface area (Å²) in [7, 11) is 0. The van der Waals surface area contributed by atoms with E-state index >= 15 is 0 Å². The number of hydrogen-bond acceptors (Lipinski definition) is 3. The molecule has 6 heteroatoms. The minimum absolute atomic E-state index is 0.0409. The monoisotopic (exact) mass is 394 g/mol. The van der Waals surface area contributed by atoms with Crippen molar-refractivity contribution in [3.8, 4) is 0 Å². The van der Waals surface area contributed by atoms with Gasteiger partial charge in [0.2, 0.25) is 0 Å². The van der Waals surface area contributed by atoms with Crippen LogP contribution in [0.2, 0.25) is 0 Å².